The zero-order chi connectivity index (χ0) is 26.9. The van der Waals surface area contributed by atoms with Crippen molar-refractivity contribution >= 4 is 51.1 Å². The fourth-order valence-corrected chi connectivity index (χ4v) is 5.44. The molecule has 1 aliphatic rings. The summed E-state index contributed by atoms with van der Waals surface area (Å²) in [6.07, 6.45) is 4.75. The van der Waals surface area contributed by atoms with Gasteiger partial charge < -0.3 is 15.6 Å². The number of alkyl halides is 1. The number of carboxylic acids is 1. The lowest BCUT2D eigenvalue weighted by molar-refractivity contribution is -0.138. The number of nitrogens with two attached hydrogens (primary N) is 1. The normalized spacial score (nSPS) is 20.2. The number of aliphatic carboxylic acids is 1. The minimum Gasteiger partial charge on any atom is -0.478 e. The lowest BCUT2D eigenvalue weighted by Gasteiger charge is -2.36. The van der Waals surface area contributed by atoms with Crippen molar-refractivity contribution in [3.63, 3.8) is 0 Å². The molecule has 0 aliphatic carbocycles. The number of aliphatic imine (C=N–C) groups is 1. The van der Waals surface area contributed by atoms with Crippen molar-refractivity contribution in [3.05, 3.63) is 68.4 Å². The number of aromatic nitrogens is 1. The number of ether oxygens (including phenoxy) is 1. The van der Waals surface area contributed by atoms with Crippen LogP contribution in [0.1, 0.15) is 36.4 Å². The number of esters is 1. The molecule has 198 valence electrons. The average molecular weight is 597 g/mol. The minimum absolute atomic E-state index is 0.0324. The van der Waals surface area contributed by atoms with Gasteiger partial charge in [0.05, 0.1) is 18.5 Å². The molecule has 37 heavy (non-hydrogen) atoms. The molecule has 2 heterocycles. The van der Waals surface area contributed by atoms with Crippen molar-refractivity contribution < 1.29 is 28.2 Å². The first-order valence-corrected chi connectivity index (χ1v) is 13.2. The van der Waals surface area contributed by atoms with Crippen molar-refractivity contribution in [2.24, 2.45) is 10.7 Å². The predicted octanol–water partition coefficient (Wildman–Crippen LogP) is 4.53. The monoisotopic (exact) mass is 596 g/mol. The number of hydrogen-bond donors (Lipinski definition) is 2. The van der Waals surface area contributed by atoms with Crippen molar-refractivity contribution in [1.82, 2.24) is 9.88 Å². The lowest BCUT2D eigenvalue weighted by Crippen LogP contribution is -2.44. The maximum atomic E-state index is 14.5. The van der Waals surface area contributed by atoms with Gasteiger partial charge in [0, 0.05) is 46.8 Å². The molecule has 0 radical (unpaired) electrons. The molecule has 1 aromatic carbocycles. The summed E-state index contributed by atoms with van der Waals surface area (Å²) < 4.78 is 34.2. The standard InChI is InChI=1S/C25H27BrF2N4O4S/c1-2-36-25(35)22(23(31-14-29)18-7-4-15(27)11-20(18)26)19(24-30-9-10-37-24)13-32-12-16(28)3-5-17(32)6-8-21(33)34/h4,6-11,14,16-17,23H,2-3,5,12-13H2,1H3,(H2,29,31)(H,33,34)/b8-6+,22-19+/t16?,17?,23-/m0/s1. The van der Waals surface area contributed by atoms with Crippen LogP contribution in [0.5, 0.6) is 0 Å². The molecule has 3 N–H and O–H groups in total. The molecule has 2 unspecified atom stereocenters. The van der Waals surface area contributed by atoms with Crippen molar-refractivity contribution in [2.45, 2.75) is 38.0 Å². The fraction of sp³-hybridized carbons (Fsp3) is 0.360. The van der Waals surface area contributed by atoms with Crippen LogP contribution >= 0.6 is 27.3 Å². The number of likely N-dealkylation sites (tertiary alicyclic amines) is 1. The smallest absolute Gasteiger partial charge is 0.336 e. The van der Waals surface area contributed by atoms with E-state index in [4.69, 9.17) is 15.6 Å². The summed E-state index contributed by atoms with van der Waals surface area (Å²) in [7, 11) is 0. The molecule has 0 amide bonds. The second kappa shape index (κ2) is 13.5. The topological polar surface area (TPSA) is 118 Å². The number of carbonyl (C=O) groups excluding carboxylic acids is 1. The minimum atomic E-state index is -1.12. The van der Waals surface area contributed by atoms with Gasteiger partial charge in [-0.25, -0.2) is 23.4 Å². The Kier molecular flexibility index (Phi) is 10.5. The van der Waals surface area contributed by atoms with Crippen LogP contribution in [-0.2, 0) is 14.3 Å². The quantitative estimate of drug-likeness (QED) is 0.179. The molecular formula is C25H27BrF2N4O4S. The number of thiazole rings is 1. The summed E-state index contributed by atoms with van der Waals surface area (Å²) >= 11 is 4.63. The van der Waals surface area contributed by atoms with Gasteiger partial charge in [-0.15, -0.1) is 11.3 Å². The van der Waals surface area contributed by atoms with E-state index >= 15 is 0 Å². The molecule has 1 saturated heterocycles. The summed E-state index contributed by atoms with van der Waals surface area (Å²) in [5, 5.41) is 11.3. The third-order valence-corrected chi connectivity index (χ3v) is 7.30. The van der Waals surface area contributed by atoms with Gasteiger partial charge in [0.2, 0.25) is 0 Å². The molecule has 3 rings (SSSR count). The summed E-state index contributed by atoms with van der Waals surface area (Å²) in [5.41, 5.74) is 6.69. The van der Waals surface area contributed by atoms with E-state index in [9.17, 15) is 18.4 Å². The number of rotatable bonds is 10. The molecule has 3 atom stereocenters. The summed E-state index contributed by atoms with van der Waals surface area (Å²) in [6, 6.07) is 2.63. The van der Waals surface area contributed by atoms with E-state index in [0.717, 1.165) is 12.4 Å². The average Bonchev–Trinajstić information content (AvgIpc) is 3.37. The SMILES string of the molecule is CCOC(=O)/C(=C(\CN1CC(F)CCC1/C=C/C(=O)O)c1nccs1)[C@@H](N=CN)c1ccc(F)cc1Br. The highest BCUT2D eigenvalue weighted by Gasteiger charge is 2.34. The maximum Gasteiger partial charge on any atom is 0.336 e. The van der Waals surface area contributed by atoms with Crippen LogP contribution in [0.25, 0.3) is 5.57 Å². The highest BCUT2D eigenvalue weighted by Crippen LogP contribution is 2.38. The third-order valence-electron chi connectivity index (χ3n) is 5.78. The number of benzene rings is 1. The molecule has 12 heteroatoms. The van der Waals surface area contributed by atoms with E-state index in [1.807, 2.05) is 0 Å². The number of halogens is 3. The lowest BCUT2D eigenvalue weighted by atomic mass is 9.92. The molecule has 1 aromatic heterocycles. The van der Waals surface area contributed by atoms with Crippen LogP contribution < -0.4 is 5.73 Å². The zero-order valence-corrected chi connectivity index (χ0v) is 22.4. The summed E-state index contributed by atoms with van der Waals surface area (Å²) in [6.45, 7) is 1.84. The Bertz CT molecular complexity index is 1190. The van der Waals surface area contributed by atoms with Crippen molar-refractivity contribution in [2.75, 3.05) is 19.7 Å². The Balaban J connectivity index is 2.22. The Morgan fingerprint density at radius 1 is 1.43 bits per heavy atom. The van der Waals surface area contributed by atoms with Crippen molar-refractivity contribution in [1.29, 1.82) is 0 Å². The number of hydrogen-bond acceptors (Lipinski definition) is 7. The van der Waals surface area contributed by atoms with Crippen LogP contribution in [0.15, 0.2) is 57.0 Å². The van der Waals surface area contributed by atoms with E-state index in [1.165, 1.54) is 35.6 Å². The highest BCUT2D eigenvalue weighted by atomic mass is 79.9. The van der Waals surface area contributed by atoms with E-state index < -0.39 is 30.0 Å². The van der Waals surface area contributed by atoms with E-state index in [1.54, 1.807) is 23.4 Å². The van der Waals surface area contributed by atoms with Crippen LogP contribution in [0.4, 0.5) is 8.78 Å². The first-order chi connectivity index (χ1) is 17.7. The molecule has 0 bridgehead atoms. The highest BCUT2D eigenvalue weighted by molar-refractivity contribution is 9.10. The van der Waals surface area contributed by atoms with Gasteiger partial charge in [0.1, 0.15) is 23.0 Å². The Hall–Kier alpha value is -2.96. The van der Waals surface area contributed by atoms with E-state index in [0.29, 0.717) is 27.0 Å². The fourth-order valence-electron chi connectivity index (χ4n) is 4.18. The van der Waals surface area contributed by atoms with Gasteiger partial charge in [-0.3, -0.25) is 9.89 Å². The summed E-state index contributed by atoms with van der Waals surface area (Å²) in [4.78, 5) is 35.1. The zero-order valence-electron chi connectivity index (χ0n) is 20.0. The maximum absolute atomic E-state index is 14.5. The second-order valence-corrected chi connectivity index (χ2v) is 9.93. The molecule has 8 nitrogen and oxygen atoms in total. The van der Waals surface area contributed by atoms with Crippen molar-refractivity contribution in [3.8, 4) is 0 Å². The van der Waals surface area contributed by atoms with Crippen LogP contribution in [-0.4, -0.2) is 65.2 Å². The largest absolute Gasteiger partial charge is 0.478 e. The van der Waals surface area contributed by atoms with E-state index in [2.05, 4.69) is 25.9 Å². The molecule has 1 fully saturated rings. The van der Waals surface area contributed by atoms with Gasteiger partial charge in [0.25, 0.3) is 0 Å². The summed E-state index contributed by atoms with van der Waals surface area (Å²) in [5.74, 6) is -2.27. The van der Waals surface area contributed by atoms with Crippen LogP contribution in [0.2, 0.25) is 0 Å². The number of piperidine rings is 1. The van der Waals surface area contributed by atoms with Crippen LogP contribution in [0, 0.1) is 5.82 Å². The van der Waals surface area contributed by atoms with Gasteiger partial charge in [-0.1, -0.05) is 28.1 Å². The first-order valence-electron chi connectivity index (χ1n) is 11.5. The molecule has 2 aromatic rings. The van der Waals surface area contributed by atoms with Crippen LogP contribution in [0.3, 0.4) is 0 Å². The van der Waals surface area contributed by atoms with Gasteiger partial charge >= 0.3 is 11.9 Å². The molecule has 0 spiro atoms. The molecule has 0 saturated carbocycles. The van der Waals surface area contributed by atoms with E-state index in [-0.39, 0.29) is 37.7 Å². The Labute approximate surface area is 225 Å². The predicted molar refractivity (Wildman–Crippen MR) is 141 cm³/mol. The number of carboxylic acid groups (broad SMARTS) is 1. The first kappa shape index (κ1) is 28.6. The molecule has 1 aliphatic heterocycles. The molecular weight excluding hydrogens is 570 g/mol. The Morgan fingerprint density at radius 3 is 2.84 bits per heavy atom. The number of nitrogens with zero attached hydrogens (tertiary/aromatic N) is 3. The number of carbonyl (C=O) groups is 2. The Morgan fingerprint density at radius 2 is 2.22 bits per heavy atom. The third kappa shape index (κ3) is 7.53. The second-order valence-electron chi connectivity index (χ2n) is 8.19. The van der Waals surface area contributed by atoms with Gasteiger partial charge in [0.15, 0.2) is 0 Å². The van der Waals surface area contributed by atoms with Gasteiger partial charge in [-0.2, -0.15) is 0 Å². The van der Waals surface area contributed by atoms with Gasteiger partial charge in [-0.05, 0) is 37.5 Å².